The molecule has 2 N–H and O–H groups in total. The van der Waals surface area contributed by atoms with E-state index in [1.54, 1.807) is 0 Å². The van der Waals surface area contributed by atoms with Crippen LogP contribution in [-0.2, 0) is 4.79 Å². The number of halogens is 1. The molecule has 0 aliphatic rings. The van der Waals surface area contributed by atoms with Crippen molar-refractivity contribution >= 4 is 28.1 Å². The minimum Gasteiger partial charge on any atom is -0.278 e. The van der Waals surface area contributed by atoms with E-state index in [1.165, 1.54) is 6.92 Å². The Morgan fingerprint density at radius 3 is 2.12 bits per heavy atom. The Balaban J connectivity index is 3.40. The molecule has 0 aliphatic heterocycles. The van der Waals surface area contributed by atoms with Gasteiger partial charge in [0.05, 0.1) is 16.1 Å². The lowest BCUT2D eigenvalue weighted by molar-refractivity contribution is -0.117. The molecule has 0 saturated heterocycles. The molecule has 3 amide bonds. The van der Waals surface area contributed by atoms with E-state index in [0.717, 1.165) is 0 Å². The first-order chi connectivity index (χ1) is 3.66. The molecule has 0 aliphatic carbocycles. The highest BCUT2D eigenvalue weighted by Crippen LogP contribution is 1.68. The fourth-order valence-corrected chi connectivity index (χ4v) is 0.283. The van der Waals surface area contributed by atoms with E-state index in [-0.39, 0.29) is 5.91 Å². The summed E-state index contributed by atoms with van der Waals surface area (Å²) in [4.78, 5) is 20.2. The molecule has 0 rings (SSSR count). The van der Waals surface area contributed by atoms with Gasteiger partial charge in [0, 0.05) is 6.92 Å². The summed E-state index contributed by atoms with van der Waals surface area (Å²) in [5.41, 5.74) is 0. The molecule has 0 fully saturated rings. The first kappa shape index (κ1) is 7.42. The molecule has 4 nitrogen and oxygen atoms in total. The van der Waals surface area contributed by atoms with E-state index >= 15 is 0 Å². The van der Waals surface area contributed by atoms with Crippen molar-refractivity contribution in [3.05, 3.63) is 0 Å². The number of amides is 3. The number of hydrogen-bond donors (Lipinski definition) is 2. The Morgan fingerprint density at radius 2 is 2.00 bits per heavy atom. The standard InChI is InChI=1S/C3H5BrN2O2/c1-2(7)5-3(8)6-4/h1H3,(H2,5,6,7,8). The van der Waals surface area contributed by atoms with Gasteiger partial charge in [-0.05, 0) is 0 Å². The first-order valence-corrected chi connectivity index (χ1v) is 2.64. The van der Waals surface area contributed by atoms with Gasteiger partial charge in [0.25, 0.3) is 0 Å². The monoisotopic (exact) mass is 180 g/mol. The fraction of sp³-hybridized carbons (Fsp3) is 0.333. The molecule has 46 valence electrons. The van der Waals surface area contributed by atoms with Crippen molar-refractivity contribution in [1.29, 1.82) is 0 Å². The van der Waals surface area contributed by atoms with Gasteiger partial charge >= 0.3 is 6.03 Å². The number of rotatable bonds is 0. The summed E-state index contributed by atoms with van der Waals surface area (Å²) in [6.07, 6.45) is 0. The highest BCUT2D eigenvalue weighted by atomic mass is 79.9. The summed E-state index contributed by atoms with van der Waals surface area (Å²) >= 11 is 2.63. The van der Waals surface area contributed by atoms with Gasteiger partial charge in [-0.2, -0.15) is 0 Å². The van der Waals surface area contributed by atoms with Crippen LogP contribution in [0.2, 0.25) is 0 Å². The Hall–Kier alpha value is -0.580. The van der Waals surface area contributed by atoms with Crippen molar-refractivity contribution in [2.45, 2.75) is 6.92 Å². The molecule has 0 heterocycles. The van der Waals surface area contributed by atoms with Crippen molar-refractivity contribution in [1.82, 2.24) is 9.66 Å². The summed E-state index contributed by atoms with van der Waals surface area (Å²) in [5, 5.41) is 1.96. The Bertz CT molecular complexity index is 114. The number of nitrogens with one attached hydrogen (secondary N) is 2. The minimum atomic E-state index is -0.558. The average Bonchev–Trinajstić information content (AvgIpc) is 1.65. The molecular weight excluding hydrogens is 176 g/mol. The molecule has 5 heteroatoms. The molecule has 0 aromatic rings. The van der Waals surface area contributed by atoms with Crippen LogP contribution in [0, 0.1) is 0 Å². The number of hydrogen-bond acceptors (Lipinski definition) is 2. The first-order valence-electron chi connectivity index (χ1n) is 1.85. The van der Waals surface area contributed by atoms with Crippen LogP contribution in [0.1, 0.15) is 6.92 Å². The van der Waals surface area contributed by atoms with E-state index < -0.39 is 6.03 Å². The Kier molecular flexibility index (Phi) is 3.18. The van der Waals surface area contributed by atoms with E-state index in [1.807, 2.05) is 9.66 Å². The third kappa shape index (κ3) is 3.60. The number of urea groups is 1. The molecule has 0 saturated carbocycles. The molecule has 0 spiro atoms. The summed E-state index contributed by atoms with van der Waals surface area (Å²) in [7, 11) is 0. The predicted octanol–water partition coefficient (Wildman–Crippen LogP) is 0.142. The van der Waals surface area contributed by atoms with E-state index in [4.69, 9.17) is 0 Å². The zero-order chi connectivity index (χ0) is 6.57. The van der Waals surface area contributed by atoms with Crippen molar-refractivity contribution in [3.63, 3.8) is 0 Å². The van der Waals surface area contributed by atoms with Crippen molar-refractivity contribution in [2.24, 2.45) is 0 Å². The van der Waals surface area contributed by atoms with Crippen LogP contribution in [0.25, 0.3) is 0 Å². The molecule has 0 bridgehead atoms. The molecule has 0 radical (unpaired) electrons. The molecule has 8 heavy (non-hydrogen) atoms. The summed E-state index contributed by atoms with van der Waals surface area (Å²) in [5.74, 6) is -0.387. The predicted molar refractivity (Wildman–Crippen MR) is 31.3 cm³/mol. The summed E-state index contributed by atoms with van der Waals surface area (Å²) in [6, 6.07) is -0.558. The third-order valence-corrected chi connectivity index (χ3v) is 0.736. The van der Waals surface area contributed by atoms with Gasteiger partial charge in [-0.25, -0.2) is 4.79 Å². The second-order valence-electron chi connectivity index (χ2n) is 1.10. The molecular formula is C3H5BrN2O2. The van der Waals surface area contributed by atoms with Crippen molar-refractivity contribution < 1.29 is 9.59 Å². The summed E-state index contributed by atoms with van der Waals surface area (Å²) < 4.78 is 2.04. The second kappa shape index (κ2) is 3.43. The van der Waals surface area contributed by atoms with Crippen LogP contribution in [0.15, 0.2) is 0 Å². The third-order valence-electron chi connectivity index (χ3n) is 0.375. The largest absolute Gasteiger partial charge is 0.331 e. The smallest absolute Gasteiger partial charge is 0.278 e. The number of carbonyl (C=O) groups is 2. The Morgan fingerprint density at radius 1 is 1.50 bits per heavy atom. The SMILES string of the molecule is CC(=O)NC(=O)NBr. The highest BCUT2D eigenvalue weighted by molar-refractivity contribution is 9.08. The minimum absolute atomic E-state index is 0.387. The van der Waals surface area contributed by atoms with Crippen LogP contribution in [-0.4, -0.2) is 11.9 Å². The quantitative estimate of drug-likeness (QED) is 0.522. The number of carbonyl (C=O) groups excluding carboxylic acids is 2. The molecule has 0 aromatic carbocycles. The highest BCUT2D eigenvalue weighted by Gasteiger charge is 1.96. The maximum atomic E-state index is 10.1. The van der Waals surface area contributed by atoms with E-state index in [9.17, 15) is 9.59 Å². The molecule has 0 aromatic heterocycles. The van der Waals surface area contributed by atoms with Crippen molar-refractivity contribution in [3.8, 4) is 0 Å². The van der Waals surface area contributed by atoms with Gasteiger partial charge in [0.2, 0.25) is 5.91 Å². The summed E-state index contributed by atoms with van der Waals surface area (Å²) in [6.45, 7) is 1.25. The lowest BCUT2D eigenvalue weighted by Crippen LogP contribution is -2.32. The molecule has 0 unspecified atom stereocenters. The maximum absolute atomic E-state index is 10.1. The average molecular weight is 181 g/mol. The zero-order valence-corrected chi connectivity index (χ0v) is 5.78. The van der Waals surface area contributed by atoms with Crippen LogP contribution in [0.5, 0.6) is 0 Å². The van der Waals surface area contributed by atoms with Gasteiger partial charge in [-0.15, -0.1) is 0 Å². The lowest BCUT2D eigenvalue weighted by atomic mass is 10.7. The fourth-order valence-electron chi connectivity index (χ4n) is 0.184. The van der Waals surface area contributed by atoms with Gasteiger partial charge < -0.3 is 0 Å². The lowest BCUT2D eigenvalue weighted by Gasteiger charge is -1.93. The normalized spacial score (nSPS) is 7.75. The Labute approximate surface area is 55.0 Å². The van der Waals surface area contributed by atoms with Gasteiger partial charge in [-0.1, -0.05) is 0 Å². The molecule has 0 atom stereocenters. The van der Waals surface area contributed by atoms with Crippen LogP contribution in [0.3, 0.4) is 0 Å². The maximum Gasteiger partial charge on any atom is 0.331 e. The number of imide groups is 1. The van der Waals surface area contributed by atoms with Gasteiger partial charge in [0.1, 0.15) is 0 Å². The van der Waals surface area contributed by atoms with Crippen LogP contribution < -0.4 is 9.66 Å². The topological polar surface area (TPSA) is 58.2 Å². The van der Waals surface area contributed by atoms with Crippen LogP contribution >= 0.6 is 16.1 Å². The second-order valence-corrected chi connectivity index (χ2v) is 1.50. The van der Waals surface area contributed by atoms with E-state index in [0.29, 0.717) is 0 Å². The van der Waals surface area contributed by atoms with Gasteiger partial charge in [0.15, 0.2) is 0 Å². The van der Waals surface area contributed by atoms with Crippen LogP contribution in [0.4, 0.5) is 4.79 Å². The van der Waals surface area contributed by atoms with Crippen molar-refractivity contribution in [2.75, 3.05) is 0 Å². The van der Waals surface area contributed by atoms with E-state index in [2.05, 4.69) is 16.1 Å². The zero-order valence-electron chi connectivity index (χ0n) is 4.19. The van der Waals surface area contributed by atoms with Gasteiger partial charge in [-0.3, -0.25) is 14.5 Å².